The highest BCUT2D eigenvalue weighted by Gasteiger charge is 2.48. The predicted octanol–water partition coefficient (Wildman–Crippen LogP) is 4.29. The molecule has 0 spiro atoms. The van der Waals surface area contributed by atoms with Crippen LogP contribution in [0, 0.1) is 0 Å². The smallest absolute Gasteiger partial charge is 0.249 e. The first-order chi connectivity index (χ1) is 11.2. The summed E-state index contributed by atoms with van der Waals surface area (Å²) in [4.78, 5) is 22.5. The monoisotopic (exact) mass is 325 g/mol. The molecule has 0 saturated carbocycles. The second-order valence-corrected chi connectivity index (χ2v) is 6.84. The van der Waals surface area contributed by atoms with E-state index in [4.69, 9.17) is 10.5 Å². The zero-order chi connectivity index (χ0) is 16.9. The Balaban J connectivity index is 1.77. The number of amides is 1. The molecular formula is C19H35NO3. The number of nitrogens with two attached hydrogens (primary N) is 1. The number of rotatable bonds is 16. The standard InChI is InChI=1S/C19H35NO3/c1-2-3-4-5-6-7-8-9-10-11-12-13-14-15-16(21)17-18(23-17)19(20)22/h17-18H,2-15H2,1H3,(H2,20,22)/t17-,18-/m1/s1. The van der Waals surface area contributed by atoms with Crippen molar-refractivity contribution in [3.63, 3.8) is 0 Å². The molecule has 0 aromatic carbocycles. The maximum Gasteiger partial charge on any atom is 0.249 e. The fourth-order valence-corrected chi connectivity index (χ4v) is 3.03. The maximum absolute atomic E-state index is 11.7. The molecule has 0 aromatic heterocycles. The maximum atomic E-state index is 11.7. The van der Waals surface area contributed by atoms with Gasteiger partial charge in [-0.1, -0.05) is 84.0 Å². The molecule has 0 aromatic rings. The molecule has 1 rings (SSSR count). The Morgan fingerprint density at radius 3 is 1.57 bits per heavy atom. The average molecular weight is 325 g/mol. The van der Waals surface area contributed by atoms with Crippen LogP contribution in [0.3, 0.4) is 0 Å². The van der Waals surface area contributed by atoms with Gasteiger partial charge in [-0.15, -0.1) is 0 Å². The molecule has 2 N–H and O–H groups in total. The summed E-state index contributed by atoms with van der Waals surface area (Å²) in [5.41, 5.74) is 5.08. The summed E-state index contributed by atoms with van der Waals surface area (Å²) in [7, 11) is 0. The zero-order valence-electron chi connectivity index (χ0n) is 14.9. The van der Waals surface area contributed by atoms with Crippen molar-refractivity contribution in [2.45, 2.75) is 109 Å². The van der Waals surface area contributed by atoms with Gasteiger partial charge >= 0.3 is 0 Å². The van der Waals surface area contributed by atoms with E-state index >= 15 is 0 Å². The molecule has 1 heterocycles. The van der Waals surface area contributed by atoms with Crippen LogP contribution < -0.4 is 5.73 Å². The number of ketones is 1. The van der Waals surface area contributed by atoms with E-state index in [1.54, 1.807) is 0 Å². The second kappa shape index (κ2) is 12.5. The number of hydrogen-bond acceptors (Lipinski definition) is 3. The Morgan fingerprint density at radius 1 is 0.739 bits per heavy atom. The number of primary amides is 1. The van der Waals surface area contributed by atoms with Gasteiger partial charge in [0.05, 0.1) is 0 Å². The van der Waals surface area contributed by atoms with Crippen LogP contribution >= 0.6 is 0 Å². The van der Waals surface area contributed by atoms with Gasteiger partial charge < -0.3 is 10.5 Å². The summed E-state index contributed by atoms with van der Waals surface area (Å²) in [5.74, 6) is -0.481. The van der Waals surface area contributed by atoms with Gasteiger partial charge in [0.1, 0.15) is 0 Å². The van der Waals surface area contributed by atoms with Crippen LogP contribution in [-0.2, 0) is 14.3 Å². The molecule has 4 heteroatoms. The molecule has 1 aliphatic heterocycles. The van der Waals surface area contributed by atoms with Crippen molar-refractivity contribution >= 4 is 11.7 Å². The molecule has 1 saturated heterocycles. The van der Waals surface area contributed by atoms with E-state index in [9.17, 15) is 9.59 Å². The molecule has 0 aliphatic carbocycles. The number of Topliss-reactive ketones (excluding diaryl/α,β-unsaturated/α-hetero) is 1. The predicted molar refractivity (Wildman–Crippen MR) is 93.2 cm³/mol. The van der Waals surface area contributed by atoms with Crippen LogP contribution in [0.15, 0.2) is 0 Å². The van der Waals surface area contributed by atoms with E-state index in [2.05, 4.69) is 6.92 Å². The van der Waals surface area contributed by atoms with Crippen molar-refractivity contribution in [3.8, 4) is 0 Å². The molecular weight excluding hydrogens is 290 g/mol. The Hall–Kier alpha value is -0.900. The first kappa shape index (κ1) is 20.1. The molecule has 0 bridgehead atoms. The minimum Gasteiger partial charge on any atom is -0.367 e. The van der Waals surface area contributed by atoms with Gasteiger partial charge in [-0.3, -0.25) is 9.59 Å². The molecule has 134 valence electrons. The van der Waals surface area contributed by atoms with Crippen molar-refractivity contribution in [2.75, 3.05) is 0 Å². The zero-order valence-corrected chi connectivity index (χ0v) is 14.9. The van der Waals surface area contributed by atoms with Crippen molar-refractivity contribution in [2.24, 2.45) is 5.73 Å². The average Bonchev–Trinajstić information content (AvgIpc) is 3.32. The van der Waals surface area contributed by atoms with Gasteiger partial charge in [-0.2, -0.15) is 0 Å². The van der Waals surface area contributed by atoms with E-state index < -0.39 is 18.1 Å². The lowest BCUT2D eigenvalue weighted by molar-refractivity contribution is -0.121. The number of hydrogen-bond donors (Lipinski definition) is 1. The normalized spacial score (nSPS) is 19.7. The first-order valence-corrected chi connectivity index (χ1v) is 9.64. The number of ether oxygens (including phenoxy) is 1. The Morgan fingerprint density at radius 2 is 1.17 bits per heavy atom. The van der Waals surface area contributed by atoms with Gasteiger partial charge in [0.25, 0.3) is 0 Å². The van der Waals surface area contributed by atoms with Gasteiger partial charge in [0.2, 0.25) is 5.91 Å². The van der Waals surface area contributed by atoms with Crippen molar-refractivity contribution in [1.29, 1.82) is 0 Å². The van der Waals surface area contributed by atoms with Gasteiger partial charge in [-0.25, -0.2) is 0 Å². The van der Waals surface area contributed by atoms with Crippen LogP contribution in [0.1, 0.15) is 96.8 Å². The van der Waals surface area contributed by atoms with Crippen LogP contribution in [-0.4, -0.2) is 23.9 Å². The second-order valence-electron chi connectivity index (χ2n) is 6.84. The first-order valence-electron chi connectivity index (χ1n) is 9.64. The largest absolute Gasteiger partial charge is 0.367 e. The van der Waals surface area contributed by atoms with Gasteiger partial charge in [0, 0.05) is 6.42 Å². The molecule has 1 aliphatic rings. The van der Waals surface area contributed by atoms with Gasteiger partial charge in [0.15, 0.2) is 18.0 Å². The van der Waals surface area contributed by atoms with Crippen LogP contribution in [0.5, 0.6) is 0 Å². The van der Waals surface area contributed by atoms with E-state index in [0.717, 1.165) is 12.8 Å². The topological polar surface area (TPSA) is 72.7 Å². The lowest BCUT2D eigenvalue weighted by Crippen LogP contribution is -2.22. The fraction of sp³-hybridized carbons (Fsp3) is 0.895. The third kappa shape index (κ3) is 9.75. The lowest BCUT2D eigenvalue weighted by Gasteiger charge is -2.02. The quantitative estimate of drug-likeness (QED) is 0.340. The third-order valence-corrected chi connectivity index (χ3v) is 4.62. The van der Waals surface area contributed by atoms with E-state index in [1.807, 2.05) is 0 Å². The molecule has 23 heavy (non-hydrogen) atoms. The molecule has 0 radical (unpaired) electrons. The Labute approximate surface area is 141 Å². The minimum atomic E-state index is -0.649. The number of carbonyl (C=O) groups excluding carboxylic acids is 2. The number of carbonyl (C=O) groups is 2. The summed E-state index contributed by atoms with van der Waals surface area (Å²) in [6, 6.07) is 0. The highest BCUT2D eigenvalue weighted by Crippen LogP contribution is 2.24. The number of epoxide rings is 1. The van der Waals surface area contributed by atoms with Crippen LogP contribution in [0.25, 0.3) is 0 Å². The summed E-state index contributed by atoms with van der Waals surface area (Å²) in [6.07, 6.45) is 16.2. The van der Waals surface area contributed by atoms with Crippen molar-refractivity contribution in [1.82, 2.24) is 0 Å². The Kier molecular flexibility index (Phi) is 11.0. The van der Waals surface area contributed by atoms with Crippen LogP contribution in [0.2, 0.25) is 0 Å². The summed E-state index contributed by atoms with van der Waals surface area (Å²) in [5, 5.41) is 0. The lowest BCUT2D eigenvalue weighted by atomic mass is 10.0. The third-order valence-electron chi connectivity index (χ3n) is 4.62. The summed E-state index contributed by atoms with van der Waals surface area (Å²) < 4.78 is 4.98. The molecule has 2 atom stereocenters. The SMILES string of the molecule is CCCCCCCCCCCCCCCC(=O)[C@H]1O[C@H]1C(N)=O. The van der Waals surface area contributed by atoms with E-state index in [-0.39, 0.29) is 5.78 Å². The minimum absolute atomic E-state index is 0.0388. The van der Waals surface area contributed by atoms with Gasteiger partial charge in [-0.05, 0) is 6.42 Å². The number of unbranched alkanes of at least 4 members (excludes halogenated alkanes) is 12. The molecule has 1 fully saturated rings. The van der Waals surface area contributed by atoms with Crippen LogP contribution in [0.4, 0.5) is 0 Å². The highest BCUT2D eigenvalue weighted by molar-refractivity contribution is 5.95. The summed E-state index contributed by atoms with van der Waals surface area (Å²) >= 11 is 0. The summed E-state index contributed by atoms with van der Waals surface area (Å²) in [6.45, 7) is 2.26. The Bertz CT molecular complexity index is 344. The van der Waals surface area contributed by atoms with E-state index in [1.165, 1.54) is 70.6 Å². The molecule has 0 unspecified atom stereocenters. The molecule has 1 amide bonds. The van der Waals surface area contributed by atoms with Crippen molar-refractivity contribution < 1.29 is 14.3 Å². The fourth-order valence-electron chi connectivity index (χ4n) is 3.03. The highest BCUT2D eigenvalue weighted by atomic mass is 16.6. The van der Waals surface area contributed by atoms with Crippen molar-refractivity contribution in [3.05, 3.63) is 0 Å². The van der Waals surface area contributed by atoms with E-state index in [0.29, 0.717) is 6.42 Å². The molecule has 4 nitrogen and oxygen atoms in total.